The van der Waals surface area contributed by atoms with Gasteiger partial charge in [-0.1, -0.05) is 60.6 Å². The summed E-state index contributed by atoms with van der Waals surface area (Å²) in [5.41, 5.74) is 2.33. The number of fused-ring (bicyclic) bond motifs is 2. The Hall–Kier alpha value is -3.64. The Balaban J connectivity index is 1.28. The SMILES string of the molecule is O=C(CCNC1Cc2ccccc2C1)N1CCc2nc(SC3CCC3)n(-c3ccccc3)c(=O)c2C1OC(=O)C(F)(F)F. The summed E-state index contributed by atoms with van der Waals surface area (Å²) in [7, 11) is 0. The number of alkyl halides is 3. The van der Waals surface area contributed by atoms with E-state index in [4.69, 9.17) is 9.72 Å². The highest BCUT2D eigenvalue weighted by atomic mass is 32.2. The number of amides is 1. The number of para-hydroxylation sites is 1. The Kier molecular flexibility index (Phi) is 8.32. The minimum absolute atomic E-state index is 0.0359. The average molecular weight is 613 g/mol. The minimum atomic E-state index is -5.31. The first-order chi connectivity index (χ1) is 20.7. The maximum Gasteiger partial charge on any atom is 0.491 e. The van der Waals surface area contributed by atoms with Gasteiger partial charge in [-0.05, 0) is 48.9 Å². The lowest BCUT2D eigenvalue weighted by Gasteiger charge is -2.36. The quantitative estimate of drug-likeness (QED) is 0.296. The van der Waals surface area contributed by atoms with Crippen LogP contribution in [0.4, 0.5) is 13.2 Å². The molecule has 0 spiro atoms. The molecular formula is C31H31F3N4O4S. The van der Waals surface area contributed by atoms with Crippen molar-refractivity contribution in [3.8, 4) is 5.69 Å². The number of halogens is 3. The number of hydrogen-bond donors (Lipinski definition) is 1. The van der Waals surface area contributed by atoms with Gasteiger partial charge < -0.3 is 15.0 Å². The van der Waals surface area contributed by atoms with Gasteiger partial charge in [0, 0.05) is 37.2 Å². The zero-order chi connectivity index (χ0) is 30.1. The minimum Gasteiger partial charge on any atom is -0.430 e. The predicted octanol–water partition coefficient (Wildman–Crippen LogP) is 4.51. The van der Waals surface area contributed by atoms with Crippen LogP contribution < -0.4 is 10.9 Å². The second-order valence-corrected chi connectivity index (χ2v) is 12.3. The topological polar surface area (TPSA) is 93.5 Å². The van der Waals surface area contributed by atoms with Gasteiger partial charge >= 0.3 is 12.1 Å². The highest BCUT2D eigenvalue weighted by Crippen LogP contribution is 2.38. The van der Waals surface area contributed by atoms with Crippen molar-refractivity contribution in [2.24, 2.45) is 0 Å². The van der Waals surface area contributed by atoms with Crippen LogP contribution >= 0.6 is 11.8 Å². The van der Waals surface area contributed by atoms with Crippen LogP contribution in [-0.4, -0.2) is 56.9 Å². The summed E-state index contributed by atoms with van der Waals surface area (Å²) in [6.07, 6.45) is -2.39. The van der Waals surface area contributed by atoms with Crippen molar-refractivity contribution in [1.29, 1.82) is 0 Å². The first-order valence-electron chi connectivity index (χ1n) is 14.4. The maximum atomic E-state index is 14.1. The van der Waals surface area contributed by atoms with E-state index in [9.17, 15) is 27.6 Å². The second-order valence-electron chi connectivity index (χ2n) is 11.1. The van der Waals surface area contributed by atoms with Gasteiger partial charge in [-0.3, -0.25) is 14.2 Å². The molecule has 0 saturated heterocycles. The molecule has 1 unspecified atom stereocenters. The number of benzene rings is 2. The number of aromatic nitrogens is 2. The first kappa shape index (κ1) is 29.4. The van der Waals surface area contributed by atoms with E-state index in [1.165, 1.54) is 27.5 Å². The van der Waals surface area contributed by atoms with Crippen molar-refractivity contribution in [3.05, 3.63) is 87.3 Å². The van der Waals surface area contributed by atoms with Crippen LogP contribution in [0.2, 0.25) is 0 Å². The van der Waals surface area contributed by atoms with E-state index < -0.39 is 29.8 Å². The molecule has 6 rings (SSSR count). The lowest BCUT2D eigenvalue weighted by molar-refractivity contribution is -0.214. The van der Waals surface area contributed by atoms with Crippen LogP contribution in [-0.2, 0) is 33.6 Å². The number of thioether (sulfide) groups is 1. The molecule has 3 aromatic rings. The van der Waals surface area contributed by atoms with E-state index in [0.29, 0.717) is 10.8 Å². The Morgan fingerprint density at radius 3 is 2.33 bits per heavy atom. The molecule has 8 nitrogen and oxygen atoms in total. The van der Waals surface area contributed by atoms with Crippen LogP contribution in [0, 0.1) is 0 Å². The molecule has 1 N–H and O–H groups in total. The third kappa shape index (κ3) is 6.21. The number of esters is 1. The summed E-state index contributed by atoms with van der Waals surface area (Å²) in [5, 5.41) is 4.07. The van der Waals surface area contributed by atoms with E-state index in [1.54, 1.807) is 30.3 Å². The smallest absolute Gasteiger partial charge is 0.430 e. The lowest BCUT2D eigenvalue weighted by Crippen LogP contribution is -2.48. The Bertz CT molecular complexity index is 1550. The van der Waals surface area contributed by atoms with Crippen molar-refractivity contribution in [2.45, 2.75) is 73.8 Å². The summed E-state index contributed by atoms with van der Waals surface area (Å²) in [6, 6.07) is 16.9. The molecule has 0 radical (unpaired) electrons. The first-order valence-corrected chi connectivity index (χ1v) is 15.3. The number of hydrogen-bond acceptors (Lipinski definition) is 7. The highest BCUT2D eigenvalue weighted by molar-refractivity contribution is 7.99. The summed E-state index contributed by atoms with van der Waals surface area (Å²) < 4.78 is 46.5. The molecule has 43 heavy (non-hydrogen) atoms. The van der Waals surface area contributed by atoms with Gasteiger partial charge in [0.05, 0.1) is 11.4 Å². The van der Waals surface area contributed by atoms with Gasteiger partial charge in [-0.2, -0.15) is 13.2 Å². The number of nitrogens with one attached hydrogen (secondary N) is 1. The third-order valence-electron chi connectivity index (χ3n) is 8.22. The molecule has 1 aliphatic heterocycles. The molecule has 0 bridgehead atoms. The summed E-state index contributed by atoms with van der Waals surface area (Å²) in [5.74, 6) is -2.99. The second kappa shape index (κ2) is 12.2. The number of ether oxygens (including phenoxy) is 1. The number of carbonyl (C=O) groups is 2. The molecule has 2 heterocycles. The van der Waals surface area contributed by atoms with Crippen LogP contribution in [0.1, 0.15) is 54.3 Å². The van der Waals surface area contributed by atoms with Gasteiger partial charge in [0.1, 0.15) is 5.56 Å². The van der Waals surface area contributed by atoms with Gasteiger partial charge in [-0.25, -0.2) is 9.78 Å². The highest BCUT2D eigenvalue weighted by Gasteiger charge is 2.46. The summed E-state index contributed by atoms with van der Waals surface area (Å²) >= 11 is 1.46. The molecule has 1 saturated carbocycles. The standard InChI is InChI=1S/C31H31F3N4O4S/c32-31(33,34)29(41)42-28-26-24(36-30(43-23-11-6-12-23)38(27(26)40)22-9-2-1-3-10-22)14-16-37(28)25(39)13-15-35-21-17-19-7-4-5-8-20(19)18-21/h1-5,7-10,21,23,28,35H,6,11-18H2. The molecule has 2 aliphatic carbocycles. The van der Waals surface area contributed by atoms with Crippen molar-refractivity contribution >= 4 is 23.6 Å². The third-order valence-corrected chi connectivity index (χ3v) is 9.51. The largest absolute Gasteiger partial charge is 0.491 e. The van der Waals surface area contributed by atoms with E-state index in [1.807, 2.05) is 12.1 Å². The van der Waals surface area contributed by atoms with Gasteiger partial charge in [0.2, 0.25) is 12.1 Å². The molecule has 1 aromatic heterocycles. The van der Waals surface area contributed by atoms with Gasteiger partial charge in [0.25, 0.3) is 5.56 Å². The average Bonchev–Trinajstić information content (AvgIpc) is 3.37. The molecule has 1 atom stereocenters. The van der Waals surface area contributed by atoms with Crippen molar-refractivity contribution in [3.63, 3.8) is 0 Å². The van der Waals surface area contributed by atoms with Crippen molar-refractivity contribution < 1.29 is 27.5 Å². The molecule has 2 aromatic carbocycles. The van der Waals surface area contributed by atoms with Crippen LogP contribution in [0.3, 0.4) is 0 Å². The Labute approximate surface area is 250 Å². The number of carbonyl (C=O) groups excluding carboxylic acids is 2. The number of rotatable bonds is 8. The fraction of sp³-hybridized carbons (Fsp3) is 0.419. The molecule has 1 fully saturated rings. The van der Waals surface area contributed by atoms with Gasteiger partial charge in [0.15, 0.2) is 5.16 Å². The molecule has 226 valence electrons. The molecule has 3 aliphatic rings. The lowest BCUT2D eigenvalue weighted by atomic mass is 10.0. The van der Waals surface area contributed by atoms with Crippen LogP contribution in [0.15, 0.2) is 64.5 Å². The zero-order valence-electron chi connectivity index (χ0n) is 23.3. The predicted molar refractivity (Wildman–Crippen MR) is 154 cm³/mol. The van der Waals surface area contributed by atoms with Gasteiger partial charge in [-0.15, -0.1) is 0 Å². The van der Waals surface area contributed by atoms with Crippen molar-refractivity contribution in [2.75, 3.05) is 13.1 Å². The number of nitrogens with zero attached hydrogens (tertiary/aromatic N) is 3. The van der Waals surface area contributed by atoms with Crippen LogP contribution in [0.25, 0.3) is 5.69 Å². The normalized spacial score (nSPS) is 18.6. The maximum absolute atomic E-state index is 14.1. The van der Waals surface area contributed by atoms with E-state index in [0.717, 1.165) is 37.0 Å². The van der Waals surface area contributed by atoms with Crippen LogP contribution in [0.5, 0.6) is 0 Å². The van der Waals surface area contributed by atoms with E-state index in [2.05, 4.69) is 17.4 Å². The Morgan fingerprint density at radius 2 is 1.70 bits per heavy atom. The molecule has 1 amide bonds. The Morgan fingerprint density at radius 1 is 1.02 bits per heavy atom. The monoisotopic (exact) mass is 612 g/mol. The van der Waals surface area contributed by atoms with Crippen molar-refractivity contribution in [1.82, 2.24) is 19.8 Å². The molecular weight excluding hydrogens is 581 g/mol. The fourth-order valence-corrected chi connectivity index (χ4v) is 7.12. The summed E-state index contributed by atoms with van der Waals surface area (Å²) in [4.78, 5) is 45.4. The molecule has 12 heteroatoms. The summed E-state index contributed by atoms with van der Waals surface area (Å²) in [6.45, 7) is 0.246. The fourth-order valence-electron chi connectivity index (χ4n) is 5.79. The zero-order valence-corrected chi connectivity index (χ0v) is 24.1. The van der Waals surface area contributed by atoms with E-state index >= 15 is 0 Å². The van der Waals surface area contributed by atoms with E-state index in [-0.39, 0.29) is 48.5 Å².